The van der Waals surface area contributed by atoms with Gasteiger partial charge in [0.05, 0.1) is 23.1 Å². The Kier molecular flexibility index (Phi) is 10.4. The first-order valence-corrected chi connectivity index (χ1v) is 17.2. The molecule has 0 unspecified atom stereocenters. The number of rotatable bonds is 6. The maximum absolute atomic E-state index is 15.1. The summed E-state index contributed by atoms with van der Waals surface area (Å²) in [5.41, 5.74) is -10.2. The minimum atomic E-state index is -2.82. The van der Waals surface area contributed by atoms with Gasteiger partial charge < -0.3 is 43.0 Å². The van der Waals surface area contributed by atoms with Crippen LogP contribution in [-0.4, -0.2) is 118 Å². The molecule has 2 aliphatic heterocycles. The van der Waals surface area contributed by atoms with Crippen molar-refractivity contribution in [2.45, 2.75) is 116 Å². The summed E-state index contributed by atoms with van der Waals surface area (Å²) in [7, 11) is 0. The molecule has 5 rings (SSSR count). The number of fused-ring (bicyclic) bond motifs is 5. The van der Waals surface area contributed by atoms with Crippen LogP contribution in [-0.2, 0) is 71.5 Å². The predicted molar refractivity (Wildman–Crippen MR) is 175 cm³/mol. The van der Waals surface area contributed by atoms with E-state index >= 15 is 4.79 Å². The standard InChI is InChI=1S/C36H43NO17/c1-15-16(2)31(44)53-29-26(49-18(4)39)30(52-21(7)42)35(14-47-17(3)38)28(51-20(6)41)25(43)23-27(50-19(5)40)36(35,34(29,9)46)54-33(23,8)13-48-32(45)22-11-10-12-37-24(15)22/h10-12,15-16,23,26-30,46H,13-14H2,1-9H3/t15-,16+,23+,26+,27+,28-,29+,30+,33+,34+,35-,36+/m1/s1. The highest BCUT2D eigenvalue weighted by Gasteiger charge is 2.91. The summed E-state index contributed by atoms with van der Waals surface area (Å²) in [6.07, 6.45) is -9.01. The lowest BCUT2D eigenvalue weighted by atomic mass is 9.45. The van der Waals surface area contributed by atoms with Gasteiger partial charge in [0.2, 0.25) is 0 Å². The van der Waals surface area contributed by atoms with Crippen molar-refractivity contribution in [1.82, 2.24) is 4.98 Å². The zero-order valence-electron chi connectivity index (χ0n) is 31.2. The quantitative estimate of drug-likeness (QED) is 0.309. The van der Waals surface area contributed by atoms with Crippen molar-refractivity contribution >= 4 is 47.6 Å². The molecule has 0 amide bonds. The maximum Gasteiger partial charge on any atom is 0.340 e. The molecule has 1 aromatic rings. The van der Waals surface area contributed by atoms with Gasteiger partial charge in [-0.2, -0.15) is 0 Å². The van der Waals surface area contributed by atoms with Crippen LogP contribution in [0.25, 0.3) is 0 Å². The molecule has 1 saturated heterocycles. The van der Waals surface area contributed by atoms with Gasteiger partial charge in [0.15, 0.2) is 35.8 Å². The van der Waals surface area contributed by atoms with Gasteiger partial charge in [0.1, 0.15) is 35.9 Å². The Morgan fingerprint density at radius 1 is 0.852 bits per heavy atom. The second-order valence-electron chi connectivity index (χ2n) is 14.6. The minimum Gasteiger partial charge on any atom is -0.465 e. The lowest BCUT2D eigenvalue weighted by Gasteiger charge is -2.66. The fraction of sp³-hybridized carbons (Fsp3) is 0.639. The average Bonchev–Trinajstić information content (AvgIpc) is 3.30. The number of carbonyl (C=O) groups excluding carboxylic acids is 8. The van der Waals surface area contributed by atoms with Crippen molar-refractivity contribution in [1.29, 1.82) is 0 Å². The summed E-state index contributed by atoms with van der Waals surface area (Å²) in [5, 5.41) is 13.2. The molecule has 1 aromatic heterocycles. The predicted octanol–water partition coefficient (Wildman–Crippen LogP) is 0.671. The van der Waals surface area contributed by atoms with Crippen LogP contribution in [0, 0.1) is 17.3 Å². The van der Waals surface area contributed by atoms with Crippen LogP contribution in [0.1, 0.15) is 84.3 Å². The smallest absolute Gasteiger partial charge is 0.340 e. The van der Waals surface area contributed by atoms with E-state index in [0.29, 0.717) is 0 Å². The molecule has 2 aliphatic carbocycles. The van der Waals surface area contributed by atoms with Crippen molar-refractivity contribution < 1.29 is 81.4 Å². The molecule has 4 bridgehead atoms. The Morgan fingerprint density at radius 2 is 1.44 bits per heavy atom. The van der Waals surface area contributed by atoms with E-state index in [2.05, 4.69) is 4.98 Å². The molecule has 1 N–H and O–H groups in total. The van der Waals surface area contributed by atoms with E-state index in [9.17, 15) is 38.7 Å². The van der Waals surface area contributed by atoms with Crippen molar-refractivity contribution in [3.8, 4) is 0 Å². The summed E-state index contributed by atoms with van der Waals surface area (Å²) in [4.78, 5) is 112. The molecule has 0 aromatic carbocycles. The minimum absolute atomic E-state index is 0.0470. The Balaban J connectivity index is 1.97. The highest BCUT2D eigenvalue weighted by atomic mass is 16.7. The topological polar surface area (TPSA) is 244 Å². The summed E-state index contributed by atoms with van der Waals surface area (Å²) >= 11 is 0. The number of ketones is 1. The Hall–Kier alpha value is -4.97. The van der Waals surface area contributed by atoms with E-state index in [1.54, 1.807) is 6.92 Å². The van der Waals surface area contributed by atoms with Crippen LogP contribution >= 0.6 is 0 Å². The maximum atomic E-state index is 15.1. The number of carbonyl (C=O) groups is 8. The van der Waals surface area contributed by atoms with Gasteiger partial charge >= 0.3 is 41.8 Å². The Labute approximate surface area is 309 Å². The highest BCUT2D eigenvalue weighted by Crippen LogP contribution is 2.69. The molecule has 12 atom stereocenters. The van der Waals surface area contributed by atoms with Gasteiger partial charge in [-0.05, 0) is 26.0 Å². The van der Waals surface area contributed by atoms with Crippen molar-refractivity contribution in [3.63, 3.8) is 0 Å². The van der Waals surface area contributed by atoms with Crippen molar-refractivity contribution in [3.05, 3.63) is 29.6 Å². The molecule has 1 spiro atoms. The Bertz CT molecular complexity index is 1790. The summed E-state index contributed by atoms with van der Waals surface area (Å²) < 4.78 is 47.3. The largest absolute Gasteiger partial charge is 0.465 e. The molecule has 294 valence electrons. The normalized spacial score (nSPS) is 38.4. The first kappa shape index (κ1) is 40.2. The van der Waals surface area contributed by atoms with E-state index in [1.807, 2.05) is 0 Å². The van der Waals surface area contributed by atoms with E-state index in [0.717, 1.165) is 41.5 Å². The lowest BCUT2D eigenvalue weighted by Crippen LogP contribution is -2.88. The van der Waals surface area contributed by atoms with Gasteiger partial charge in [-0.3, -0.25) is 38.5 Å². The number of Topliss-reactive ketones (excluding diaryl/α,β-unsaturated/α-hetero) is 1. The van der Waals surface area contributed by atoms with Crippen LogP contribution in [0.2, 0.25) is 0 Å². The van der Waals surface area contributed by atoms with Gasteiger partial charge in [0, 0.05) is 46.7 Å². The van der Waals surface area contributed by atoms with Gasteiger partial charge in [-0.25, -0.2) is 4.79 Å². The first-order valence-electron chi connectivity index (χ1n) is 17.2. The van der Waals surface area contributed by atoms with E-state index < -0.39 is 131 Å². The number of aliphatic hydroxyl groups is 1. The number of pyridine rings is 1. The van der Waals surface area contributed by atoms with Crippen LogP contribution in [0.3, 0.4) is 0 Å². The number of cyclic esters (lactones) is 1. The SMILES string of the molecule is CC(=O)OC[C@]12[C@H](OC(C)=O)C(=O)[C@H]3[C@H](OC(C)=O)[C@@]14O[C@@]3(C)COC(=O)c1cccnc1[C@H](C)[C@H](C)C(=O)O[C@@H]([C@H](OC(C)=O)[C@@H]2OC(C)=O)[C@]4(C)O. The summed E-state index contributed by atoms with van der Waals surface area (Å²) in [6, 6.07) is 2.88. The van der Waals surface area contributed by atoms with Crippen molar-refractivity contribution in [2.75, 3.05) is 13.2 Å². The second-order valence-corrected chi connectivity index (χ2v) is 14.6. The zero-order chi connectivity index (χ0) is 40.3. The monoisotopic (exact) mass is 761 g/mol. The lowest BCUT2D eigenvalue weighted by molar-refractivity contribution is -0.376. The molecule has 4 aliphatic rings. The number of esters is 7. The van der Waals surface area contributed by atoms with Crippen LogP contribution in [0.15, 0.2) is 18.3 Å². The third-order valence-electron chi connectivity index (χ3n) is 10.9. The molecule has 3 fully saturated rings. The van der Waals surface area contributed by atoms with Gasteiger partial charge in [-0.1, -0.05) is 13.8 Å². The third kappa shape index (κ3) is 6.08. The van der Waals surface area contributed by atoms with E-state index in [1.165, 1.54) is 32.2 Å². The second kappa shape index (κ2) is 14.0. The fourth-order valence-electron chi connectivity index (χ4n) is 8.70. The number of ether oxygens (including phenoxy) is 8. The molecule has 2 saturated carbocycles. The molecule has 3 heterocycles. The average molecular weight is 762 g/mol. The highest BCUT2D eigenvalue weighted by molar-refractivity contribution is 5.94. The van der Waals surface area contributed by atoms with Gasteiger partial charge in [-0.15, -0.1) is 0 Å². The number of hydrogen-bond acceptors (Lipinski definition) is 18. The first-order chi connectivity index (χ1) is 25.1. The molecule has 18 nitrogen and oxygen atoms in total. The summed E-state index contributed by atoms with van der Waals surface area (Å²) in [6.45, 7) is 8.38. The zero-order valence-corrected chi connectivity index (χ0v) is 31.2. The Morgan fingerprint density at radius 3 is 2.02 bits per heavy atom. The van der Waals surface area contributed by atoms with Crippen LogP contribution in [0.4, 0.5) is 0 Å². The molecule has 54 heavy (non-hydrogen) atoms. The van der Waals surface area contributed by atoms with E-state index in [4.69, 9.17) is 37.9 Å². The molecular formula is C36H43NO17. The molecular weight excluding hydrogens is 718 g/mol. The molecule has 0 radical (unpaired) electrons. The summed E-state index contributed by atoms with van der Waals surface area (Å²) in [5.74, 6) is -12.0. The third-order valence-corrected chi connectivity index (χ3v) is 10.9. The molecule has 18 heteroatoms. The van der Waals surface area contributed by atoms with E-state index in [-0.39, 0.29) is 11.3 Å². The number of nitrogens with zero attached hydrogens (tertiary/aromatic N) is 1. The van der Waals surface area contributed by atoms with Crippen molar-refractivity contribution in [2.24, 2.45) is 17.3 Å². The number of aromatic nitrogens is 1. The van der Waals surface area contributed by atoms with Crippen LogP contribution in [0.5, 0.6) is 0 Å². The fourth-order valence-corrected chi connectivity index (χ4v) is 8.70. The number of hydrogen-bond donors (Lipinski definition) is 1. The van der Waals surface area contributed by atoms with Gasteiger partial charge in [0.25, 0.3) is 0 Å². The van der Waals surface area contributed by atoms with Crippen LogP contribution < -0.4 is 0 Å².